The smallest absolute Gasteiger partial charge is 0.125 e. The minimum atomic E-state index is 0.678. The maximum absolute atomic E-state index is 5.99. The first-order chi connectivity index (χ1) is 9.79. The van der Waals surface area contributed by atoms with Crippen molar-refractivity contribution < 1.29 is 4.74 Å². The van der Waals surface area contributed by atoms with Gasteiger partial charge in [-0.15, -0.1) is 0 Å². The van der Waals surface area contributed by atoms with Crippen LogP contribution in [0.1, 0.15) is 63.0 Å². The fourth-order valence-corrected chi connectivity index (χ4v) is 2.51. The van der Waals surface area contributed by atoms with E-state index in [4.69, 9.17) is 10.5 Å². The van der Waals surface area contributed by atoms with Crippen molar-refractivity contribution in [1.29, 1.82) is 0 Å². The molecule has 114 valence electrons. The van der Waals surface area contributed by atoms with E-state index in [1.807, 2.05) is 0 Å². The van der Waals surface area contributed by atoms with Gasteiger partial charge in [-0.2, -0.15) is 0 Å². The molecule has 0 unspecified atom stereocenters. The van der Waals surface area contributed by atoms with Gasteiger partial charge < -0.3 is 10.5 Å². The molecule has 1 aromatic carbocycles. The molecule has 0 fully saturated rings. The van der Waals surface area contributed by atoms with E-state index in [1.54, 1.807) is 0 Å². The topological polar surface area (TPSA) is 35.2 Å². The quantitative estimate of drug-likeness (QED) is 0.599. The lowest BCUT2D eigenvalue weighted by molar-refractivity contribution is 0.299. The van der Waals surface area contributed by atoms with Crippen molar-refractivity contribution in [2.24, 2.45) is 5.73 Å². The Bertz CT molecular complexity index is 362. The molecule has 0 atom stereocenters. The van der Waals surface area contributed by atoms with Crippen molar-refractivity contribution >= 4 is 0 Å². The van der Waals surface area contributed by atoms with Crippen molar-refractivity contribution in [2.75, 3.05) is 13.2 Å². The number of hydrogen-bond donors (Lipinski definition) is 1. The molecule has 0 aliphatic carbocycles. The van der Waals surface area contributed by atoms with Crippen LogP contribution in [0.15, 0.2) is 18.2 Å². The minimum absolute atomic E-state index is 0.678. The highest BCUT2D eigenvalue weighted by molar-refractivity contribution is 5.40. The predicted molar refractivity (Wildman–Crippen MR) is 87.4 cm³/mol. The SMILES string of the molecule is CCCCCCCCCOc1c(C)cccc1CCN. The molecule has 0 aromatic heterocycles. The Kier molecular flexibility index (Phi) is 9.14. The van der Waals surface area contributed by atoms with E-state index in [2.05, 4.69) is 32.0 Å². The van der Waals surface area contributed by atoms with Gasteiger partial charge in [0.25, 0.3) is 0 Å². The fraction of sp³-hybridized carbons (Fsp3) is 0.667. The Balaban J connectivity index is 2.24. The second-order valence-electron chi connectivity index (χ2n) is 5.57. The van der Waals surface area contributed by atoms with Gasteiger partial charge in [-0.1, -0.05) is 63.6 Å². The van der Waals surface area contributed by atoms with Gasteiger partial charge in [-0.3, -0.25) is 0 Å². The van der Waals surface area contributed by atoms with Crippen LogP contribution >= 0.6 is 0 Å². The molecule has 0 radical (unpaired) electrons. The Morgan fingerprint density at radius 2 is 1.70 bits per heavy atom. The largest absolute Gasteiger partial charge is 0.493 e. The normalized spacial score (nSPS) is 10.8. The zero-order valence-electron chi connectivity index (χ0n) is 13.3. The monoisotopic (exact) mass is 277 g/mol. The van der Waals surface area contributed by atoms with Gasteiger partial charge in [-0.05, 0) is 37.4 Å². The maximum Gasteiger partial charge on any atom is 0.125 e. The van der Waals surface area contributed by atoms with E-state index in [0.717, 1.165) is 25.2 Å². The molecular weight excluding hydrogens is 246 g/mol. The van der Waals surface area contributed by atoms with Gasteiger partial charge in [0.2, 0.25) is 0 Å². The average molecular weight is 277 g/mol. The van der Waals surface area contributed by atoms with E-state index in [-0.39, 0.29) is 0 Å². The van der Waals surface area contributed by atoms with Gasteiger partial charge in [0.1, 0.15) is 5.75 Å². The molecule has 0 amide bonds. The van der Waals surface area contributed by atoms with Crippen LogP contribution in [-0.2, 0) is 6.42 Å². The predicted octanol–water partition coefficient (Wildman–Crippen LogP) is 4.63. The van der Waals surface area contributed by atoms with Crippen LogP contribution in [0.3, 0.4) is 0 Å². The Hall–Kier alpha value is -1.02. The van der Waals surface area contributed by atoms with E-state index in [1.165, 1.54) is 49.7 Å². The lowest BCUT2D eigenvalue weighted by Crippen LogP contribution is -2.07. The highest BCUT2D eigenvalue weighted by atomic mass is 16.5. The van der Waals surface area contributed by atoms with E-state index < -0.39 is 0 Å². The van der Waals surface area contributed by atoms with Crippen LogP contribution < -0.4 is 10.5 Å². The molecule has 0 aliphatic rings. The summed E-state index contributed by atoms with van der Waals surface area (Å²) < 4.78 is 5.99. The van der Waals surface area contributed by atoms with E-state index in [0.29, 0.717) is 6.54 Å². The highest BCUT2D eigenvalue weighted by Crippen LogP contribution is 2.24. The molecule has 0 spiro atoms. The summed E-state index contributed by atoms with van der Waals surface area (Å²) >= 11 is 0. The van der Waals surface area contributed by atoms with Gasteiger partial charge in [0, 0.05) is 0 Å². The molecule has 0 bridgehead atoms. The number of nitrogens with two attached hydrogens (primary N) is 1. The first kappa shape index (κ1) is 17.0. The third-order valence-corrected chi connectivity index (χ3v) is 3.70. The van der Waals surface area contributed by atoms with Crippen molar-refractivity contribution in [2.45, 2.75) is 65.2 Å². The summed E-state index contributed by atoms with van der Waals surface area (Å²) in [6.07, 6.45) is 10.1. The fourth-order valence-electron chi connectivity index (χ4n) is 2.51. The molecule has 0 heterocycles. The number of aryl methyl sites for hydroxylation is 1. The van der Waals surface area contributed by atoms with Crippen LogP contribution in [0, 0.1) is 6.92 Å². The molecule has 2 nitrogen and oxygen atoms in total. The van der Waals surface area contributed by atoms with Crippen LogP contribution in [0.4, 0.5) is 0 Å². The summed E-state index contributed by atoms with van der Waals surface area (Å²) in [7, 11) is 0. The van der Waals surface area contributed by atoms with Crippen molar-refractivity contribution in [3.8, 4) is 5.75 Å². The summed E-state index contributed by atoms with van der Waals surface area (Å²) in [5.41, 5.74) is 8.13. The highest BCUT2D eigenvalue weighted by Gasteiger charge is 2.05. The van der Waals surface area contributed by atoms with Gasteiger partial charge in [-0.25, -0.2) is 0 Å². The molecular formula is C18H31NO. The van der Waals surface area contributed by atoms with Crippen LogP contribution in [0.2, 0.25) is 0 Å². The maximum atomic E-state index is 5.99. The molecule has 0 saturated carbocycles. The molecule has 0 saturated heterocycles. The van der Waals surface area contributed by atoms with E-state index >= 15 is 0 Å². The number of benzene rings is 1. The van der Waals surface area contributed by atoms with Gasteiger partial charge >= 0.3 is 0 Å². The Labute approximate surface area is 124 Å². The summed E-state index contributed by atoms with van der Waals surface area (Å²) in [6.45, 7) is 5.88. The summed E-state index contributed by atoms with van der Waals surface area (Å²) in [4.78, 5) is 0. The van der Waals surface area contributed by atoms with Gasteiger partial charge in [0.05, 0.1) is 6.61 Å². The number of ether oxygens (including phenoxy) is 1. The minimum Gasteiger partial charge on any atom is -0.493 e. The second-order valence-corrected chi connectivity index (χ2v) is 5.57. The number of unbranched alkanes of at least 4 members (excludes halogenated alkanes) is 6. The third-order valence-electron chi connectivity index (χ3n) is 3.70. The lowest BCUT2D eigenvalue weighted by Gasteiger charge is -2.13. The number of rotatable bonds is 11. The number of para-hydroxylation sites is 1. The van der Waals surface area contributed by atoms with Crippen LogP contribution in [-0.4, -0.2) is 13.2 Å². The molecule has 20 heavy (non-hydrogen) atoms. The summed E-state index contributed by atoms with van der Waals surface area (Å²) in [6, 6.07) is 6.32. The zero-order chi connectivity index (χ0) is 14.6. The third kappa shape index (κ3) is 6.42. The van der Waals surface area contributed by atoms with E-state index in [9.17, 15) is 0 Å². The van der Waals surface area contributed by atoms with Crippen molar-refractivity contribution in [3.63, 3.8) is 0 Å². The van der Waals surface area contributed by atoms with Crippen molar-refractivity contribution in [1.82, 2.24) is 0 Å². The Morgan fingerprint density at radius 1 is 1.00 bits per heavy atom. The molecule has 0 aliphatic heterocycles. The molecule has 1 rings (SSSR count). The van der Waals surface area contributed by atoms with Crippen LogP contribution in [0.25, 0.3) is 0 Å². The van der Waals surface area contributed by atoms with Crippen LogP contribution in [0.5, 0.6) is 5.75 Å². The second kappa shape index (κ2) is 10.7. The summed E-state index contributed by atoms with van der Waals surface area (Å²) in [5.74, 6) is 1.06. The first-order valence-corrected chi connectivity index (χ1v) is 8.21. The average Bonchev–Trinajstić information content (AvgIpc) is 2.44. The number of hydrogen-bond acceptors (Lipinski definition) is 2. The van der Waals surface area contributed by atoms with Gasteiger partial charge in [0.15, 0.2) is 0 Å². The molecule has 2 heteroatoms. The lowest BCUT2D eigenvalue weighted by atomic mass is 10.1. The molecule has 1 aromatic rings. The standard InChI is InChI=1S/C18H31NO/c1-3-4-5-6-7-8-9-15-20-18-16(2)11-10-12-17(18)13-14-19/h10-12H,3-9,13-15,19H2,1-2H3. The molecule has 2 N–H and O–H groups in total. The summed E-state index contributed by atoms with van der Waals surface area (Å²) in [5, 5.41) is 0. The first-order valence-electron chi connectivity index (χ1n) is 8.21. The van der Waals surface area contributed by atoms with Crippen molar-refractivity contribution in [3.05, 3.63) is 29.3 Å². The Morgan fingerprint density at radius 3 is 2.40 bits per heavy atom. The zero-order valence-corrected chi connectivity index (χ0v) is 13.3.